The van der Waals surface area contributed by atoms with Gasteiger partial charge in [0.15, 0.2) is 0 Å². The van der Waals surface area contributed by atoms with Crippen molar-refractivity contribution in [3.63, 3.8) is 0 Å². The number of anilines is 1. The number of halogens is 2. The molecule has 4 rings (SSSR count). The Morgan fingerprint density at radius 2 is 1.88 bits per heavy atom. The van der Waals surface area contributed by atoms with Crippen molar-refractivity contribution in [1.29, 1.82) is 0 Å². The Labute approximate surface area is 202 Å². The number of nitrogens with one attached hydrogen (secondary N) is 2. The van der Waals surface area contributed by atoms with Crippen LogP contribution in [0.25, 0.3) is 5.69 Å². The highest BCUT2D eigenvalue weighted by Gasteiger charge is 2.23. The fourth-order valence-electron chi connectivity index (χ4n) is 3.91. The molecule has 0 bridgehead atoms. The van der Waals surface area contributed by atoms with Gasteiger partial charge in [-0.3, -0.25) is 9.69 Å². The third-order valence-electron chi connectivity index (χ3n) is 5.73. The third-order valence-corrected chi connectivity index (χ3v) is 6.06. The van der Waals surface area contributed by atoms with Gasteiger partial charge in [0.1, 0.15) is 11.6 Å². The van der Waals surface area contributed by atoms with E-state index in [0.717, 1.165) is 11.5 Å². The van der Waals surface area contributed by atoms with Gasteiger partial charge in [-0.2, -0.15) is 0 Å². The van der Waals surface area contributed by atoms with Crippen LogP contribution < -0.4 is 10.6 Å². The number of rotatable bonds is 6. The van der Waals surface area contributed by atoms with Crippen LogP contribution >= 0.6 is 11.6 Å². The fraction of sp³-hybridized carbons (Fsp3) is 0.292. The summed E-state index contributed by atoms with van der Waals surface area (Å²) in [5.41, 5.74) is 2.00. The first kappa shape index (κ1) is 23.7. The molecule has 8 nitrogen and oxygen atoms in total. The predicted octanol–water partition coefficient (Wildman–Crippen LogP) is 3.44. The molecule has 3 aromatic rings. The second-order valence-corrected chi connectivity index (χ2v) is 8.47. The number of carbonyl (C=O) groups excluding carboxylic acids is 2. The SMILES string of the molecule is Cc1nccn1-c1ccc(F)cc1CNC(=O)N1CCN(CC(=O)Nc2ccccc2Cl)CC1. The van der Waals surface area contributed by atoms with Crippen LogP contribution in [-0.2, 0) is 11.3 Å². The Balaban J connectivity index is 1.28. The zero-order valence-corrected chi connectivity index (χ0v) is 19.6. The molecule has 0 atom stereocenters. The van der Waals surface area contributed by atoms with E-state index in [4.69, 9.17) is 11.6 Å². The number of imidazole rings is 1. The number of urea groups is 1. The number of para-hydroxylation sites is 1. The lowest BCUT2D eigenvalue weighted by molar-refractivity contribution is -0.117. The Kier molecular flexibility index (Phi) is 7.44. The molecular formula is C24H26ClFN6O2. The van der Waals surface area contributed by atoms with E-state index in [-0.39, 0.29) is 30.8 Å². The first-order chi connectivity index (χ1) is 16.4. The van der Waals surface area contributed by atoms with E-state index in [1.54, 1.807) is 41.6 Å². The highest BCUT2D eigenvalue weighted by atomic mass is 35.5. The number of hydrogen-bond acceptors (Lipinski definition) is 4. The van der Waals surface area contributed by atoms with E-state index < -0.39 is 0 Å². The molecular weight excluding hydrogens is 459 g/mol. The lowest BCUT2D eigenvalue weighted by Gasteiger charge is -2.34. The summed E-state index contributed by atoms with van der Waals surface area (Å²) in [6.45, 7) is 4.39. The average Bonchev–Trinajstić information content (AvgIpc) is 3.25. The zero-order chi connectivity index (χ0) is 24.1. The molecule has 1 aliphatic heterocycles. The minimum Gasteiger partial charge on any atom is -0.334 e. The van der Waals surface area contributed by atoms with Gasteiger partial charge in [0.2, 0.25) is 5.91 Å². The van der Waals surface area contributed by atoms with Crippen LogP contribution in [0, 0.1) is 12.7 Å². The van der Waals surface area contributed by atoms with E-state index in [1.807, 2.05) is 22.5 Å². The van der Waals surface area contributed by atoms with E-state index >= 15 is 0 Å². The minimum absolute atomic E-state index is 0.153. The van der Waals surface area contributed by atoms with Crippen molar-refractivity contribution in [3.05, 3.63) is 77.1 Å². The minimum atomic E-state index is -0.366. The van der Waals surface area contributed by atoms with Crippen molar-refractivity contribution in [3.8, 4) is 5.69 Å². The first-order valence-corrected chi connectivity index (χ1v) is 11.4. The summed E-state index contributed by atoms with van der Waals surface area (Å²) in [7, 11) is 0. The van der Waals surface area contributed by atoms with Crippen LogP contribution in [-0.4, -0.2) is 64.0 Å². The van der Waals surface area contributed by atoms with Gasteiger partial charge in [-0.15, -0.1) is 0 Å². The van der Waals surface area contributed by atoms with Gasteiger partial charge in [-0.05, 0) is 42.8 Å². The number of carbonyl (C=O) groups is 2. The van der Waals surface area contributed by atoms with Crippen molar-refractivity contribution in [2.45, 2.75) is 13.5 Å². The quantitative estimate of drug-likeness (QED) is 0.561. The van der Waals surface area contributed by atoms with Gasteiger partial charge in [-0.25, -0.2) is 14.2 Å². The van der Waals surface area contributed by atoms with Crippen LogP contribution in [0.15, 0.2) is 54.9 Å². The molecule has 0 spiro atoms. The summed E-state index contributed by atoms with van der Waals surface area (Å²) in [6, 6.07) is 11.3. The van der Waals surface area contributed by atoms with E-state index in [0.29, 0.717) is 42.5 Å². The molecule has 1 saturated heterocycles. The van der Waals surface area contributed by atoms with Gasteiger partial charge in [-0.1, -0.05) is 23.7 Å². The van der Waals surface area contributed by atoms with Crippen LogP contribution in [0.2, 0.25) is 5.02 Å². The predicted molar refractivity (Wildman–Crippen MR) is 129 cm³/mol. The lowest BCUT2D eigenvalue weighted by Crippen LogP contribution is -2.52. The summed E-state index contributed by atoms with van der Waals surface area (Å²) >= 11 is 6.09. The van der Waals surface area contributed by atoms with Crippen molar-refractivity contribution in [2.24, 2.45) is 0 Å². The maximum atomic E-state index is 13.9. The number of aromatic nitrogens is 2. The molecule has 2 heterocycles. The van der Waals surface area contributed by atoms with Crippen LogP contribution in [0.5, 0.6) is 0 Å². The van der Waals surface area contributed by atoms with Gasteiger partial charge in [0.05, 0.1) is 22.9 Å². The van der Waals surface area contributed by atoms with Crippen LogP contribution in [0.4, 0.5) is 14.9 Å². The number of hydrogen-bond donors (Lipinski definition) is 2. The number of nitrogens with zero attached hydrogens (tertiary/aromatic N) is 4. The Hall–Kier alpha value is -3.43. The molecule has 178 valence electrons. The number of amides is 3. The largest absolute Gasteiger partial charge is 0.334 e. The molecule has 1 aromatic heterocycles. The van der Waals surface area contributed by atoms with Gasteiger partial charge in [0.25, 0.3) is 0 Å². The Bertz CT molecular complexity index is 1180. The molecule has 1 aliphatic rings. The van der Waals surface area contributed by atoms with Crippen molar-refractivity contribution < 1.29 is 14.0 Å². The van der Waals surface area contributed by atoms with E-state index in [9.17, 15) is 14.0 Å². The third kappa shape index (κ3) is 5.73. The second kappa shape index (κ2) is 10.7. The van der Waals surface area contributed by atoms with Gasteiger partial charge in [0, 0.05) is 45.1 Å². The fourth-order valence-corrected chi connectivity index (χ4v) is 4.09. The zero-order valence-electron chi connectivity index (χ0n) is 18.8. The van der Waals surface area contributed by atoms with Crippen LogP contribution in [0.1, 0.15) is 11.4 Å². The highest BCUT2D eigenvalue weighted by molar-refractivity contribution is 6.33. The van der Waals surface area contributed by atoms with E-state index in [1.165, 1.54) is 12.1 Å². The number of aryl methyl sites for hydroxylation is 1. The molecule has 34 heavy (non-hydrogen) atoms. The summed E-state index contributed by atoms with van der Waals surface area (Å²) in [5, 5.41) is 6.19. The molecule has 3 amide bonds. The topological polar surface area (TPSA) is 82.5 Å². The number of benzene rings is 2. The molecule has 10 heteroatoms. The molecule has 0 aliphatic carbocycles. The van der Waals surface area contributed by atoms with Gasteiger partial charge >= 0.3 is 6.03 Å². The highest BCUT2D eigenvalue weighted by Crippen LogP contribution is 2.20. The molecule has 2 N–H and O–H groups in total. The van der Waals surface area contributed by atoms with Crippen molar-refractivity contribution in [2.75, 3.05) is 38.0 Å². The van der Waals surface area contributed by atoms with Crippen LogP contribution in [0.3, 0.4) is 0 Å². The summed E-state index contributed by atoms with van der Waals surface area (Å²) in [6.07, 6.45) is 3.48. The molecule has 1 fully saturated rings. The maximum Gasteiger partial charge on any atom is 0.317 e. The lowest BCUT2D eigenvalue weighted by atomic mass is 10.1. The molecule has 0 radical (unpaired) electrons. The molecule has 0 unspecified atom stereocenters. The normalized spacial score (nSPS) is 14.1. The molecule has 0 saturated carbocycles. The summed E-state index contributed by atoms with van der Waals surface area (Å²) < 4.78 is 15.7. The van der Waals surface area contributed by atoms with Gasteiger partial charge < -0.3 is 20.1 Å². The van der Waals surface area contributed by atoms with Crippen molar-refractivity contribution in [1.82, 2.24) is 24.7 Å². The summed E-state index contributed by atoms with van der Waals surface area (Å²) in [5.74, 6) is 0.253. The Morgan fingerprint density at radius 3 is 2.59 bits per heavy atom. The average molecular weight is 485 g/mol. The second-order valence-electron chi connectivity index (χ2n) is 8.07. The number of piperazine rings is 1. The standard InChI is InChI=1S/C24H26ClFN6O2/c1-17-27-8-9-32(17)22-7-6-19(26)14-18(22)15-28-24(34)31-12-10-30(11-13-31)16-23(33)29-21-5-3-2-4-20(21)25/h2-9,14H,10-13,15-16H2,1H3,(H,28,34)(H,29,33). The monoisotopic (exact) mass is 484 g/mol. The van der Waals surface area contributed by atoms with E-state index in [2.05, 4.69) is 15.6 Å². The maximum absolute atomic E-state index is 13.9. The molecule has 2 aromatic carbocycles. The Morgan fingerprint density at radius 1 is 1.12 bits per heavy atom. The first-order valence-electron chi connectivity index (χ1n) is 11.0. The van der Waals surface area contributed by atoms with Crippen molar-refractivity contribution >= 4 is 29.2 Å². The summed E-state index contributed by atoms with van der Waals surface area (Å²) in [4.78, 5) is 33.0. The smallest absolute Gasteiger partial charge is 0.317 e.